The molecule has 0 saturated carbocycles. The van der Waals surface area contributed by atoms with Gasteiger partial charge in [0, 0.05) is 47.8 Å². The van der Waals surface area contributed by atoms with Gasteiger partial charge in [-0.05, 0) is 19.1 Å². The Morgan fingerprint density at radius 1 is 1.21 bits per heavy atom. The van der Waals surface area contributed by atoms with Crippen LogP contribution in [0.15, 0.2) is 49.1 Å². The molecule has 0 unspecified atom stereocenters. The van der Waals surface area contributed by atoms with E-state index in [2.05, 4.69) is 38.9 Å². The number of benzene rings is 1. The molecule has 4 nitrogen and oxygen atoms in total. The van der Waals surface area contributed by atoms with Gasteiger partial charge in [-0.15, -0.1) is 0 Å². The Bertz CT molecular complexity index is 682. The van der Waals surface area contributed by atoms with Crippen molar-refractivity contribution in [1.29, 1.82) is 0 Å². The molecule has 0 bridgehead atoms. The van der Waals surface area contributed by atoms with Gasteiger partial charge in [-0.3, -0.25) is 4.98 Å². The fourth-order valence-corrected chi connectivity index (χ4v) is 2.25. The first-order valence-electron chi connectivity index (χ1n) is 6.45. The molecule has 0 aliphatic heterocycles. The van der Waals surface area contributed by atoms with Crippen LogP contribution in [0, 0.1) is 0 Å². The minimum absolute atomic E-state index is 0.724. The van der Waals surface area contributed by atoms with E-state index in [1.54, 1.807) is 0 Å². The topological polar surface area (TPSA) is 42.7 Å². The van der Waals surface area contributed by atoms with Crippen molar-refractivity contribution in [2.45, 2.75) is 20.0 Å². The summed E-state index contributed by atoms with van der Waals surface area (Å²) in [5.41, 5.74) is 1.12. The van der Waals surface area contributed by atoms with Crippen LogP contribution in [0.3, 0.4) is 0 Å². The SMILES string of the molecule is CCn1ccnc1CNc1cccc2cnccc12. The van der Waals surface area contributed by atoms with Gasteiger partial charge in [0.2, 0.25) is 0 Å². The second kappa shape index (κ2) is 5.10. The van der Waals surface area contributed by atoms with Crippen molar-refractivity contribution < 1.29 is 0 Å². The zero-order valence-electron chi connectivity index (χ0n) is 10.9. The van der Waals surface area contributed by atoms with Crippen molar-refractivity contribution in [3.05, 3.63) is 54.9 Å². The second-order valence-electron chi connectivity index (χ2n) is 4.39. The lowest BCUT2D eigenvalue weighted by Crippen LogP contribution is -2.07. The maximum absolute atomic E-state index is 4.37. The van der Waals surface area contributed by atoms with Crippen molar-refractivity contribution in [2.24, 2.45) is 0 Å². The highest BCUT2D eigenvalue weighted by Gasteiger charge is 2.03. The van der Waals surface area contributed by atoms with E-state index in [4.69, 9.17) is 0 Å². The predicted octanol–water partition coefficient (Wildman–Crippen LogP) is 3.06. The van der Waals surface area contributed by atoms with Gasteiger partial charge in [0.05, 0.1) is 6.54 Å². The van der Waals surface area contributed by atoms with E-state index in [-0.39, 0.29) is 0 Å². The lowest BCUT2D eigenvalue weighted by atomic mass is 10.1. The number of aryl methyl sites for hydroxylation is 1. The van der Waals surface area contributed by atoms with E-state index in [0.717, 1.165) is 30.0 Å². The summed E-state index contributed by atoms with van der Waals surface area (Å²) < 4.78 is 2.14. The van der Waals surface area contributed by atoms with Crippen molar-refractivity contribution in [1.82, 2.24) is 14.5 Å². The Hall–Kier alpha value is -2.36. The molecule has 0 radical (unpaired) electrons. The summed E-state index contributed by atoms with van der Waals surface area (Å²) in [6.45, 7) is 3.79. The smallest absolute Gasteiger partial charge is 0.128 e. The molecule has 0 fully saturated rings. The number of aromatic nitrogens is 3. The van der Waals surface area contributed by atoms with Gasteiger partial charge in [-0.2, -0.15) is 0 Å². The first kappa shape index (κ1) is 11.7. The Balaban J connectivity index is 1.86. The van der Waals surface area contributed by atoms with Crippen LogP contribution in [-0.2, 0) is 13.1 Å². The van der Waals surface area contributed by atoms with Crippen LogP contribution in [0.2, 0.25) is 0 Å². The third-order valence-electron chi connectivity index (χ3n) is 3.26. The van der Waals surface area contributed by atoms with Crippen LogP contribution in [0.1, 0.15) is 12.7 Å². The zero-order valence-corrected chi connectivity index (χ0v) is 10.9. The number of hydrogen-bond acceptors (Lipinski definition) is 3. The lowest BCUT2D eigenvalue weighted by Gasteiger charge is -2.10. The van der Waals surface area contributed by atoms with Gasteiger partial charge < -0.3 is 9.88 Å². The van der Waals surface area contributed by atoms with Gasteiger partial charge in [-0.25, -0.2) is 4.98 Å². The zero-order chi connectivity index (χ0) is 13.1. The summed E-state index contributed by atoms with van der Waals surface area (Å²) in [7, 11) is 0. The molecule has 0 amide bonds. The normalized spacial score (nSPS) is 10.8. The molecule has 0 aliphatic carbocycles. The van der Waals surface area contributed by atoms with Crippen LogP contribution in [0.25, 0.3) is 10.8 Å². The van der Waals surface area contributed by atoms with Crippen LogP contribution in [-0.4, -0.2) is 14.5 Å². The molecule has 2 aromatic heterocycles. The van der Waals surface area contributed by atoms with Gasteiger partial charge in [-0.1, -0.05) is 12.1 Å². The lowest BCUT2D eigenvalue weighted by molar-refractivity contribution is 0.708. The average Bonchev–Trinajstić information content (AvgIpc) is 2.92. The molecule has 0 saturated heterocycles. The Kier molecular flexibility index (Phi) is 3.14. The Morgan fingerprint density at radius 2 is 2.16 bits per heavy atom. The summed E-state index contributed by atoms with van der Waals surface area (Å²) in [4.78, 5) is 8.52. The molecule has 0 spiro atoms. The Morgan fingerprint density at radius 3 is 3.05 bits per heavy atom. The molecule has 3 rings (SSSR count). The number of pyridine rings is 1. The van der Waals surface area contributed by atoms with Crippen LogP contribution in [0.5, 0.6) is 0 Å². The van der Waals surface area contributed by atoms with Gasteiger partial charge in [0.15, 0.2) is 0 Å². The number of nitrogens with zero attached hydrogens (tertiary/aromatic N) is 3. The molecule has 0 atom stereocenters. The van der Waals surface area contributed by atoms with E-state index in [1.165, 1.54) is 5.39 Å². The maximum Gasteiger partial charge on any atom is 0.128 e. The van der Waals surface area contributed by atoms with Crippen LogP contribution >= 0.6 is 0 Å². The summed E-state index contributed by atoms with van der Waals surface area (Å²) >= 11 is 0. The summed E-state index contributed by atoms with van der Waals surface area (Å²) in [6, 6.07) is 8.23. The van der Waals surface area contributed by atoms with E-state index in [0.29, 0.717) is 0 Å². The fraction of sp³-hybridized carbons (Fsp3) is 0.200. The second-order valence-corrected chi connectivity index (χ2v) is 4.39. The molecule has 1 N–H and O–H groups in total. The third kappa shape index (κ3) is 2.29. The molecule has 4 heteroatoms. The number of hydrogen-bond donors (Lipinski definition) is 1. The maximum atomic E-state index is 4.37. The van der Waals surface area contributed by atoms with E-state index >= 15 is 0 Å². The molecule has 2 heterocycles. The standard InChI is InChI=1S/C15H16N4/c1-2-19-9-8-17-15(19)11-18-14-5-3-4-12-10-16-7-6-13(12)14/h3-10,18H,2,11H2,1H3. The van der Waals surface area contributed by atoms with Crippen molar-refractivity contribution >= 4 is 16.5 Å². The monoisotopic (exact) mass is 252 g/mol. The van der Waals surface area contributed by atoms with Gasteiger partial charge in [0.1, 0.15) is 5.82 Å². The molecule has 96 valence electrons. The van der Waals surface area contributed by atoms with Crippen LogP contribution < -0.4 is 5.32 Å². The number of anilines is 1. The fourth-order valence-electron chi connectivity index (χ4n) is 2.25. The number of nitrogens with one attached hydrogen (secondary N) is 1. The molecule has 19 heavy (non-hydrogen) atoms. The van der Waals surface area contributed by atoms with E-state index in [1.807, 2.05) is 36.9 Å². The largest absolute Gasteiger partial charge is 0.377 e. The predicted molar refractivity (Wildman–Crippen MR) is 77.0 cm³/mol. The third-order valence-corrected chi connectivity index (χ3v) is 3.26. The quantitative estimate of drug-likeness (QED) is 0.776. The van der Waals surface area contributed by atoms with E-state index in [9.17, 15) is 0 Å². The minimum atomic E-state index is 0.724. The van der Waals surface area contributed by atoms with Gasteiger partial charge in [0.25, 0.3) is 0 Å². The molecule has 1 aromatic carbocycles. The molecule has 3 aromatic rings. The van der Waals surface area contributed by atoms with Crippen molar-refractivity contribution in [3.8, 4) is 0 Å². The average molecular weight is 252 g/mol. The van der Waals surface area contributed by atoms with Crippen LogP contribution in [0.4, 0.5) is 5.69 Å². The van der Waals surface area contributed by atoms with Gasteiger partial charge >= 0.3 is 0 Å². The number of imidazole rings is 1. The first-order chi connectivity index (χ1) is 9.38. The number of rotatable bonds is 4. The van der Waals surface area contributed by atoms with E-state index < -0.39 is 0 Å². The molecular weight excluding hydrogens is 236 g/mol. The molecule has 0 aliphatic rings. The molecular formula is C15H16N4. The summed E-state index contributed by atoms with van der Waals surface area (Å²) in [5, 5.41) is 5.79. The first-order valence-corrected chi connectivity index (χ1v) is 6.45. The Labute approximate surface area is 112 Å². The summed E-state index contributed by atoms with van der Waals surface area (Å²) in [6.07, 6.45) is 7.55. The summed E-state index contributed by atoms with van der Waals surface area (Å²) in [5.74, 6) is 1.05. The van der Waals surface area contributed by atoms with Crippen molar-refractivity contribution in [2.75, 3.05) is 5.32 Å². The highest BCUT2D eigenvalue weighted by molar-refractivity contribution is 5.93. The highest BCUT2D eigenvalue weighted by Crippen LogP contribution is 2.22. The van der Waals surface area contributed by atoms with Crippen molar-refractivity contribution in [3.63, 3.8) is 0 Å². The highest BCUT2D eigenvalue weighted by atomic mass is 15.1. The number of fused-ring (bicyclic) bond motifs is 1. The minimum Gasteiger partial charge on any atom is -0.377 e.